The van der Waals surface area contributed by atoms with E-state index in [4.69, 9.17) is 18.9 Å². The smallest absolute Gasteiger partial charge is 0.277 e. The molecule has 204 valence electrons. The molecule has 2 unspecified atom stereocenters. The summed E-state index contributed by atoms with van der Waals surface area (Å²) < 4.78 is 23.0. The number of aryl methyl sites for hydroxylation is 1. The van der Waals surface area contributed by atoms with Gasteiger partial charge in [-0.1, -0.05) is 30.3 Å². The molecule has 0 spiro atoms. The molecule has 4 aromatic carbocycles. The number of nitro groups is 1. The van der Waals surface area contributed by atoms with Crippen LogP contribution in [0, 0.1) is 10.1 Å². The van der Waals surface area contributed by atoms with E-state index in [-0.39, 0.29) is 29.4 Å². The molecule has 0 bridgehead atoms. The highest BCUT2D eigenvalue weighted by molar-refractivity contribution is 5.93. The molecule has 3 heterocycles. The quantitative estimate of drug-likeness (QED) is 0.210. The number of hydrogen-bond acceptors (Lipinski definition) is 7. The third-order valence-corrected chi connectivity index (χ3v) is 8.75. The summed E-state index contributed by atoms with van der Waals surface area (Å²) in [5.41, 5.74) is 6.27. The van der Waals surface area contributed by atoms with Gasteiger partial charge < -0.3 is 18.9 Å². The maximum atomic E-state index is 11.7. The number of fused-ring (bicyclic) bond motifs is 6. The standard InChI is InChI=1S/C32H30N2O6/c1-37-28-12-10-22-24(9-7-19-8-11-27(34(35)36)23-6-4-3-5-21(19)23)31-25-16-30-29(39-18-40-30)15-20(25)13-14-33(31)17-26(22)32(28)38-2/h3-6,8,10-12,15-16,24,31H,7,9,13-14,17-18H2,1-2H3. The molecule has 7 rings (SSSR count). The van der Waals surface area contributed by atoms with Crippen molar-refractivity contribution in [2.45, 2.75) is 37.8 Å². The third kappa shape index (κ3) is 3.85. The maximum absolute atomic E-state index is 11.7. The third-order valence-electron chi connectivity index (χ3n) is 8.75. The first-order valence-corrected chi connectivity index (χ1v) is 13.6. The fourth-order valence-corrected chi connectivity index (χ4v) is 6.98. The average molecular weight is 539 g/mol. The molecule has 0 radical (unpaired) electrons. The molecule has 3 aliphatic rings. The molecule has 8 nitrogen and oxygen atoms in total. The number of nitro benzene ring substituents is 1. The molecule has 0 aliphatic carbocycles. The van der Waals surface area contributed by atoms with Crippen molar-refractivity contribution < 1.29 is 23.9 Å². The lowest BCUT2D eigenvalue weighted by Gasteiger charge is -2.46. The van der Waals surface area contributed by atoms with Crippen LogP contribution in [0.2, 0.25) is 0 Å². The number of ether oxygens (including phenoxy) is 4. The Labute approximate surface area is 232 Å². The highest BCUT2D eigenvalue weighted by Crippen LogP contribution is 2.53. The van der Waals surface area contributed by atoms with Crippen LogP contribution < -0.4 is 18.9 Å². The van der Waals surface area contributed by atoms with Crippen molar-refractivity contribution in [2.75, 3.05) is 27.6 Å². The second kappa shape index (κ2) is 9.71. The monoisotopic (exact) mass is 538 g/mol. The molecular formula is C32H30N2O6. The first-order chi connectivity index (χ1) is 19.6. The van der Waals surface area contributed by atoms with Crippen molar-refractivity contribution in [3.05, 3.63) is 98.6 Å². The molecule has 40 heavy (non-hydrogen) atoms. The normalized spacial score (nSPS) is 19.1. The van der Waals surface area contributed by atoms with Gasteiger partial charge in [0.2, 0.25) is 6.79 Å². The Morgan fingerprint density at radius 1 is 0.975 bits per heavy atom. The van der Waals surface area contributed by atoms with Gasteiger partial charge in [0.25, 0.3) is 5.69 Å². The minimum atomic E-state index is -0.301. The summed E-state index contributed by atoms with van der Waals surface area (Å²) >= 11 is 0. The predicted molar refractivity (Wildman–Crippen MR) is 151 cm³/mol. The van der Waals surface area contributed by atoms with Crippen LogP contribution in [0.15, 0.2) is 60.7 Å². The summed E-state index contributed by atoms with van der Waals surface area (Å²) in [6, 6.07) is 19.9. The molecule has 0 fully saturated rings. The number of non-ortho nitro benzene ring substituents is 1. The Balaban J connectivity index is 1.34. The lowest BCUT2D eigenvalue weighted by atomic mass is 9.74. The van der Waals surface area contributed by atoms with Crippen LogP contribution >= 0.6 is 0 Å². The Morgan fingerprint density at radius 2 is 1.77 bits per heavy atom. The number of benzene rings is 4. The molecule has 8 heteroatoms. The van der Waals surface area contributed by atoms with E-state index in [9.17, 15) is 10.1 Å². The fourth-order valence-electron chi connectivity index (χ4n) is 6.98. The number of rotatable bonds is 6. The largest absolute Gasteiger partial charge is 0.493 e. The van der Waals surface area contributed by atoms with E-state index in [1.54, 1.807) is 20.3 Å². The van der Waals surface area contributed by atoms with Crippen molar-refractivity contribution in [2.24, 2.45) is 0 Å². The van der Waals surface area contributed by atoms with E-state index in [0.29, 0.717) is 5.39 Å². The Bertz CT molecular complexity index is 1650. The zero-order valence-electron chi connectivity index (χ0n) is 22.5. The zero-order valence-corrected chi connectivity index (χ0v) is 22.5. The van der Waals surface area contributed by atoms with Gasteiger partial charge in [-0.3, -0.25) is 15.0 Å². The zero-order chi connectivity index (χ0) is 27.4. The summed E-state index contributed by atoms with van der Waals surface area (Å²) in [6.07, 6.45) is 2.57. The molecule has 2 atom stereocenters. The second-order valence-corrected chi connectivity index (χ2v) is 10.6. The van der Waals surface area contributed by atoms with Gasteiger partial charge in [-0.15, -0.1) is 0 Å². The molecule has 0 aromatic heterocycles. The van der Waals surface area contributed by atoms with E-state index in [1.807, 2.05) is 36.4 Å². The lowest BCUT2D eigenvalue weighted by Crippen LogP contribution is -2.42. The van der Waals surface area contributed by atoms with Crippen LogP contribution in [-0.4, -0.2) is 37.4 Å². The topological polar surface area (TPSA) is 83.3 Å². The van der Waals surface area contributed by atoms with E-state index >= 15 is 0 Å². The van der Waals surface area contributed by atoms with Crippen molar-refractivity contribution in [3.8, 4) is 23.0 Å². The van der Waals surface area contributed by atoms with Gasteiger partial charge in [0.05, 0.1) is 24.5 Å². The molecule has 4 aromatic rings. The van der Waals surface area contributed by atoms with Gasteiger partial charge in [0.1, 0.15) is 0 Å². The first-order valence-electron chi connectivity index (χ1n) is 13.6. The summed E-state index contributed by atoms with van der Waals surface area (Å²) in [4.78, 5) is 13.9. The number of nitrogens with zero attached hydrogens (tertiary/aromatic N) is 2. The van der Waals surface area contributed by atoms with Crippen LogP contribution in [0.4, 0.5) is 5.69 Å². The van der Waals surface area contributed by atoms with Gasteiger partial charge in [-0.05, 0) is 71.2 Å². The van der Waals surface area contributed by atoms with E-state index < -0.39 is 0 Å². The van der Waals surface area contributed by atoms with Crippen molar-refractivity contribution >= 4 is 16.5 Å². The Hall–Kier alpha value is -4.30. The summed E-state index contributed by atoms with van der Waals surface area (Å²) in [5, 5.41) is 13.3. The Kier molecular flexibility index (Phi) is 6.00. The molecule has 3 aliphatic heterocycles. The van der Waals surface area contributed by atoms with Crippen molar-refractivity contribution in [3.63, 3.8) is 0 Å². The highest BCUT2D eigenvalue weighted by Gasteiger charge is 2.41. The van der Waals surface area contributed by atoms with Gasteiger partial charge in [-0.25, -0.2) is 0 Å². The predicted octanol–water partition coefficient (Wildman–Crippen LogP) is 6.32. The molecule has 0 saturated heterocycles. The summed E-state index contributed by atoms with van der Waals surface area (Å²) in [7, 11) is 3.38. The first kappa shape index (κ1) is 24.7. The van der Waals surface area contributed by atoms with Gasteiger partial charge in [-0.2, -0.15) is 0 Å². The summed E-state index contributed by atoms with van der Waals surface area (Å²) in [6.45, 7) is 1.95. The van der Waals surface area contributed by atoms with Crippen LogP contribution in [0.1, 0.15) is 46.2 Å². The number of hydrogen-bond donors (Lipinski definition) is 0. The van der Waals surface area contributed by atoms with E-state index in [0.717, 1.165) is 66.3 Å². The van der Waals surface area contributed by atoms with E-state index in [1.165, 1.54) is 22.3 Å². The molecule has 0 N–H and O–H groups in total. The molecule has 0 amide bonds. The molecular weight excluding hydrogens is 508 g/mol. The van der Waals surface area contributed by atoms with Crippen LogP contribution in [0.5, 0.6) is 23.0 Å². The maximum Gasteiger partial charge on any atom is 0.277 e. The van der Waals surface area contributed by atoms with E-state index in [2.05, 4.69) is 23.1 Å². The van der Waals surface area contributed by atoms with Crippen LogP contribution in [0.25, 0.3) is 10.8 Å². The Morgan fingerprint density at radius 3 is 2.55 bits per heavy atom. The second-order valence-electron chi connectivity index (χ2n) is 10.6. The SMILES string of the molecule is COc1ccc2c(c1OC)CN1CCc3cc4c(cc3C1C2CCc1ccc([N+](=O)[O-])c2ccccc12)OCO4. The summed E-state index contributed by atoms with van der Waals surface area (Å²) in [5.74, 6) is 3.32. The van der Waals surface area contributed by atoms with Gasteiger partial charge in [0.15, 0.2) is 23.0 Å². The van der Waals surface area contributed by atoms with Crippen molar-refractivity contribution in [1.82, 2.24) is 4.90 Å². The van der Waals surface area contributed by atoms with Gasteiger partial charge in [0, 0.05) is 36.7 Å². The molecule has 0 saturated carbocycles. The van der Waals surface area contributed by atoms with Crippen LogP contribution in [0.3, 0.4) is 0 Å². The minimum absolute atomic E-state index is 0.141. The minimum Gasteiger partial charge on any atom is -0.493 e. The number of methoxy groups -OCH3 is 2. The highest BCUT2D eigenvalue weighted by atomic mass is 16.7. The van der Waals surface area contributed by atoms with Gasteiger partial charge >= 0.3 is 0 Å². The fraction of sp³-hybridized carbons (Fsp3) is 0.312. The van der Waals surface area contributed by atoms with Crippen LogP contribution in [-0.2, 0) is 19.4 Å². The lowest BCUT2D eigenvalue weighted by molar-refractivity contribution is -0.383. The van der Waals surface area contributed by atoms with Crippen molar-refractivity contribution in [1.29, 1.82) is 0 Å². The average Bonchev–Trinajstić information content (AvgIpc) is 3.44.